The second-order valence-corrected chi connectivity index (χ2v) is 7.49. The topological polar surface area (TPSA) is 99.4 Å². The summed E-state index contributed by atoms with van der Waals surface area (Å²) >= 11 is 1.48. The number of H-pyrrole nitrogens is 1. The predicted molar refractivity (Wildman–Crippen MR) is 112 cm³/mol. The molecule has 4 rings (SSSR count). The Balaban J connectivity index is 2.04. The third-order valence-corrected chi connectivity index (χ3v) is 5.80. The molecule has 6 nitrogen and oxygen atoms in total. The number of nitro groups is 1. The van der Waals surface area contributed by atoms with Crippen LogP contribution in [0.4, 0.5) is 0 Å². The molecule has 28 heavy (non-hydrogen) atoms. The Morgan fingerprint density at radius 1 is 1.07 bits per heavy atom. The smallest absolute Gasteiger partial charge is 0.423 e. The van der Waals surface area contributed by atoms with Crippen molar-refractivity contribution >= 4 is 34.8 Å². The monoisotopic (exact) mass is 392 g/mol. The van der Waals surface area contributed by atoms with Gasteiger partial charge in [-0.25, -0.2) is 0 Å². The van der Waals surface area contributed by atoms with Crippen molar-refractivity contribution in [2.24, 2.45) is 0 Å². The first-order chi connectivity index (χ1) is 13.6. The van der Waals surface area contributed by atoms with Gasteiger partial charge in [-0.1, -0.05) is 54.6 Å². The van der Waals surface area contributed by atoms with Crippen molar-refractivity contribution in [2.45, 2.75) is 5.92 Å². The summed E-state index contributed by atoms with van der Waals surface area (Å²) in [6.07, 6.45) is 0. The van der Waals surface area contributed by atoms with Crippen LogP contribution in [0, 0.1) is 10.1 Å². The van der Waals surface area contributed by atoms with E-state index in [2.05, 4.69) is 4.98 Å². The van der Waals surface area contributed by atoms with Crippen molar-refractivity contribution in [2.75, 3.05) is 6.54 Å². The third-order valence-electron chi connectivity index (χ3n) is 4.81. The molecule has 0 saturated carbocycles. The lowest BCUT2D eigenvalue weighted by atomic mass is 9.78. The number of nitrogens with zero attached hydrogens (tertiary/aromatic N) is 1. The quantitative estimate of drug-likeness (QED) is 0.267. The van der Waals surface area contributed by atoms with E-state index in [9.17, 15) is 20.2 Å². The second kappa shape index (κ2) is 7.59. The van der Waals surface area contributed by atoms with Gasteiger partial charge in [0.2, 0.25) is 6.54 Å². The highest BCUT2D eigenvalue weighted by Crippen LogP contribution is 2.39. The highest BCUT2D eigenvalue weighted by atomic mass is 32.1. The van der Waals surface area contributed by atoms with Gasteiger partial charge in [0.25, 0.3) is 0 Å². The van der Waals surface area contributed by atoms with E-state index >= 15 is 0 Å². The van der Waals surface area contributed by atoms with Gasteiger partial charge in [-0.05, 0) is 17.0 Å². The van der Waals surface area contributed by atoms with Crippen LogP contribution >= 0.6 is 11.3 Å². The molecule has 0 saturated heterocycles. The number of benzene rings is 2. The van der Waals surface area contributed by atoms with Gasteiger partial charge in [0.15, 0.2) is 0 Å². The Kier molecular flexibility index (Phi) is 5.00. The van der Waals surface area contributed by atoms with Crippen LogP contribution in [-0.2, 0) is 0 Å². The summed E-state index contributed by atoms with van der Waals surface area (Å²) in [5.41, 5.74) is 3.35. The van der Waals surface area contributed by atoms with E-state index in [1.165, 1.54) is 11.3 Å². The number of thiophene rings is 1. The zero-order valence-corrected chi connectivity index (χ0v) is 15.6. The van der Waals surface area contributed by atoms with Crippen LogP contribution in [0.2, 0.25) is 0 Å². The van der Waals surface area contributed by atoms with E-state index in [0.29, 0.717) is 11.0 Å². The number of aromatic nitrogens is 1. The number of rotatable bonds is 6. The van der Waals surface area contributed by atoms with Gasteiger partial charge in [-0.15, -0.1) is 11.3 Å². The Labute approximate surface area is 165 Å². The zero-order valence-electron chi connectivity index (χ0n) is 14.8. The normalized spacial score (nSPS) is 12.2. The van der Waals surface area contributed by atoms with Crippen LogP contribution in [0.5, 0.6) is 0 Å². The highest BCUT2D eigenvalue weighted by Gasteiger charge is 2.29. The van der Waals surface area contributed by atoms with Crippen molar-refractivity contribution in [3.63, 3.8) is 0 Å². The molecule has 0 aliphatic rings. The molecule has 4 aromatic rings. The van der Waals surface area contributed by atoms with E-state index in [1.807, 2.05) is 53.9 Å². The van der Waals surface area contributed by atoms with E-state index in [4.69, 9.17) is 0 Å². The number of nitrogens with one attached hydrogen (secondary N) is 1. The first-order valence-electron chi connectivity index (χ1n) is 8.77. The molecule has 0 radical (unpaired) electrons. The summed E-state index contributed by atoms with van der Waals surface area (Å²) in [4.78, 5) is 15.4. The van der Waals surface area contributed by atoms with Crippen molar-refractivity contribution in [3.05, 3.63) is 86.6 Å². The molecule has 2 heterocycles. The summed E-state index contributed by atoms with van der Waals surface area (Å²) in [7, 11) is -1.64. The summed E-state index contributed by atoms with van der Waals surface area (Å²) in [5, 5.41) is 33.7. The summed E-state index contributed by atoms with van der Waals surface area (Å²) in [6, 6.07) is 18.6. The van der Waals surface area contributed by atoms with Crippen LogP contribution in [-0.4, -0.2) is 33.6 Å². The SMILES string of the molecule is O=[N+]([O-])CC(c1cccs1)c1c(-c2ccccc2)[nH]c2c(B(O)O)cccc12. The van der Waals surface area contributed by atoms with Crippen molar-refractivity contribution in [1.29, 1.82) is 0 Å². The molecule has 0 aliphatic heterocycles. The Morgan fingerprint density at radius 3 is 2.50 bits per heavy atom. The fraction of sp³-hybridized carbons (Fsp3) is 0.100. The van der Waals surface area contributed by atoms with E-state index in [1.54, 1.807) is 12.1 Å². The van der Waals surface area contributed by atoms with Gasteiger partial charge >= 0.3 is 7.12 Å². The highest BCUT2D eigenvalue weighted by molar-refractivity contribution is 7.10. The Hall–Kier alpha value is -2.94. The zero-order chi connectivity index (χ0) is 19.7. The Morgan fingerprint density at radius 2 is 1.86 bits per heavy atom. The molecular weight excluding hydrogens is 375 g/mol. The maximum absolute atomic E-state index is 11.5. The summed E-state index contributed by atoms with van der Waals surface area (Å²) in [6.45, 7) is -0.251. The van der Waals surface area contributed by atoms with E-state index < -0.39 is 13.0 Å². The molecule has 0 fully saturated rings. The predicted octanol–water partition coefficient (Wildman–Crippen LogP) is 2.98. The molecule has 1 atom stereocenters. The fourth-order valence-electron chi connectivity index (χ4n) is 3.63. The van der Waals surface area contributed by atoms with Crippen LogP contribution in [0.3, 0.4) is 0 Å². The number of hydrogen-bond donors (Lipinski definition) is 3. The van der Waals surface area contributed by atoms with Crippen LogP contribution in [0.15, 0.2) is 66.0 Å². The number of aromatic amines is 1. The minimum atomic E-state index is -1.64. The molecule has 2 aromatic heterocycles. The minimum Gasteiger partial charge on any atom is -0.423 e. The van der Waals surface area contributed by atoms with Gasteiger partial charge in [0.05, 0.1) is 11.6 Å². The van der Waals surface area contributed by atoms with Crippen LogP contribution in [0.1, 0.15) is 16.4 Å². The molecule has 8 heteroatoms. The largest absolute Gasteiger partial charge is 0.490 e. The summed E-state index contributed by atoms with van der Waals surface area (Å²) in [5.74, 6) is -0.454. The van der Waals surface area contributed by atoms with Gasteiger partial charge in [-0.2, -0.15) is 0 Å². The van der Waals surface area contributed by atoms with Crippen LogP contribution in [0.25, 0.3) is 22.2 Å². The molecular formula is C20H17BN2O4S. The first kappa shape index (κ1) is 18.4. The molecule has 140 valence electrons. The molecule has 0 aliphatic carbocycles. The minimum absolute atomic E-state index is 0.251. The fourth-order valence-corrected chi connectivity index (χ4v) is 4.46. The Bertz CT molecular complexity index is 1110. The second-order valence-electron chi connectivity index (χ2n) is 6.51. The lowest BCUT2D eigenvalue weighted by Crippen LogP contribution is -2.30. The molecule has 0 bridgehead atoms. The average Bonchev–Trinajstić information content (AvgIpc) is 3.34. The van der Waals surface area contributed by atoms with E-state index in [-0.39, 0.29) is 11.5 Å². The van der Waals surface area contributed by atoms with Crippen molar-refractivity contribution in [3.8, 4) is 11.3 Å². The van der Waals surface area contributed by atoms with E-state index in [0.717, 1.165) is 27.1 Å². The molecule has 0 spiro atoms. The third kappa shape index (κ3) is 3.33. The number of para-hydroxylation sites is 1. The maximum atomic E-state index is 11.5. The van der Waals surface area contributed by atoms with Gasteiger partial charge in [0.1, 0.15) is 0 Å². The number of fused-ring (bicyclic) bond motifs is 1. The lowest BCUT2D eigenvalue weighted by molar-refractivity contribution is -0.481. The molecule has 2 aromatic carbocycles. The van der Waals surface area contributed by atoms with Crippen molar-refractivity contribution < 1.29 is 15.0 Å². The maximum Gasteiger partial charge on any atom is 0.490 e. The summed E-state index contributed by atoms with van der Waals surface area (Å²) < 4.78 is 0. The first-order valence-corrected chi connectivity index (χ1v) is 9.65. The number of hydrogen-bond acceptors (Lipinski definition) is 5. The van der Waals surface area contributed by atoms with Crippen LogP contribution < -0.4 is 5.46 Å². The lowest BCUT2D eigenvalue weighted by Gasteiger charge is -2.14. The molecule has 3 N–H and O–H groups in total. The van der Waals surface area contributed by atoms with Gasteiger partial charge < -0.3 is 15.0 Å². The van der Waals surface area contributed by atoms with Gasteiger partial charge in [-0.3, -0.25) is 10.1 Å². The standard InChI is InChI=1S/C20H17BN2O4S/c24-21(25)16-9-4-8-14-18(15(12-23(26)27)17-10-5-11-28-17)19(22-20(14)16)13-6-2-1-3-7-13/h1-11,15,22,24-25H,12H2. The molecule has 0 amide bonds. The van der Waals surface area contributed by atoms with Crippen molar-refractivity contribution in [1.82, 2.24) is 4.98 Å². The average molecular weight is 392 g/mol. The van der Waals surface area contributed by atoms with Gasteiger partial charge in [0, 0.05) is 31.7 Å². The molecule has 1 unspecified atom stereocenters.